The Bertz CT molecular complexity index is 331. The lowest BCUT2D eigenvalue weighted by atomic mass is 9.98. The van der Waals surface area contributed by atoms with Crippen LogP contribution < -0.4 is 10.1 Å². The maximum atomic E-state index is 5.16. The third-order valence-corrected chi connectivity index (χ3v) is 3.66. The van der Waals surface area contributed by atoms with Crippen LogP contribution in [0.4, 0.5) is 0 Å². The number of likely N-dealkylation sites (N-methyl/N-ethyl adjacent to an activating group) is 1. The van der Waals surface area contributed by atoms with Gasteiger partial charge in [-0.2, -0.15) is 5.10 Å². The smallest absolute Gasteiger partial charge is 0.156 e. The summed E-state index contributed by atoms with van der Waals surface area (Å²) in [6.07, 6.45) is 9.23. The van der Waals surface area contributed by atoms with Gasteiger partial charge in [0.2, 0.25) is 0 Å². The predicted molar refractivity (Wildman–Crippen MR) is 68.2 cm³/mol. The van der Waals surface area contributed by atoms with Crippen molar-refractivity contribution in [3.63, 3.8) is 0 Å². The maximum Gasteiger partial charge on any atom is 0.156 e. The molecule has 1 saturated carbocycles. The highest BCUT2D eigenvalue weighted by Gasteiger charge is 2.24. The highest BCUT2D eigenvalue weighted by Crippen LogP contribution is 2.28. The van der Waals surface area contributed by atoms with E-state index in [1.165, 1.54) is 25.7 Å². The van der Waals surface area contributed by atoms with Crippen molar-refractivity contribution < 1.29 is 4.74 Å². The third kappa shape index (κ3) is 3.22. The standard InChI is InChI=1S/C13H23N3O/c1-3-14-13(11-6-4-5-7-11)10-16-9-12(17-2)8-15-16/h8-9,11,13-14H,3-7,10H2,1-2H3. The van der Waals surface area contributed by atoms with Crippen molar-refractivity contribution in [1.82, 2.24) is 15.1 Å². The quantitative estimate of drug-likeness (QED) is 0.823. The average Bonchev–Trinajstić information content (AvgIpc) is 2.99. The van der Waals surface area contributed by atoms with Gasteiger partial charge in [0.15, 0.2) is 5.75 Å². The summed E-state index contributed by atoms with van der Waals surface area (Å²) in [4.78, 5) is 0. The minimum Gasteiger partial charge on any atom is -0.493 e. The maximum absolute atomic E-state index is 5.16. The van der Waals surface area contributed by atoms with Crippen molar-refractivity contribution >= 4 is 0 Å². The van der Waals surface area contributed by atoms with Crippen LogP contribution in [0.2, 0.25) is 0 Å². The van der Waals surface area contributed by atoms with Gasteiger partial charge in [-0.3, -0.25) is 4.68 Å². The molecule has 17 heavy (non-hydrogen) atoms. The number of ether oxygens (including phenoxy) is 1. The van der Waals surface area contributed by atoms with Crippen LogP contribution in [0.15, 0.2) is 12.4 Å². The van der Waals surface area contributed by atoms with Crippen LogP contribution in [0.5, 0.6) is 5.75 Å². The van der Waals surface area contributed by atoms with Gasteiger partial charge in [0.05, 0.1) is 26.0 Å². The fraction of sp³-hybridized carbons (Fsp3) is 0.769. The van der Waals surface area contributed by atoms with Gasteiger partial charge in [0.25, 0.3) is 0 Å². The Morgan fingerprint density at radius 1 is 1.53 bits per heavy atom. The van der Waals surface area contributed by atoms with Gasteiger partial charge >= 0.3 is 0 Å². The molecule has 1 N–H and O–H groups in total. The molecule has 1 aromatic heterocycles. The van der Waals surface area contributed by atoms with E-state index in [2.05, 4.69) is 17.3 Å². The molecule has 0 aromatic carbocycles. The number of nitrogens with zero attached hydrogens (tertiary/aromatic N) is 2. The Morgan fingerprint density at radius 2 is 2.29 bits per heavy atom. The van der Waals surface area contributed by atoms with Crippen LogP contribution in [-0.4, -0.2) is 29.5 Å². The summed E-state index contributed by atoms with van der Waals surface area (Å²) in [5, 5.41) is 7.93. The van der Waals surface area contributed by atoms with Crippen LogP contribution in [0.3, 0.4) is 0 Å². The normalized spacial score (nSPS) is 18.5. The van der Waals surface area contributed by atoms with E-state index in [-0.39, 0.29) is 0 Å². The SMILES string of the molecule is CCNC(Cn1cc(OC)cn1)C1CCCC1. The molecule has 1 heterocycles. The molecule has 0 aliphatic heterocycles. The first kappa shape index (κ1) is 12.4. The molecule has 1 aliphatic rings. The van der Waals surface area contributed by atoms with Gasteiger partial charge in [-0.15, -0.1) is 0 Å². The third-order valence-electron chi connectivity index (χ3n) is 3.66. The Kier molecular flexibility index (Phi) is 4.42. The van der Waals surface area contributed by atoms with Crippen LogP contribution in [0, 0.1) is 5.92 Å². The number of aromatic nitrogens is 2. The molecule has 0 radical (unpaired) electrons. The molecule has 0 saturated heterocycles. The van der Waals surface area contributed by atoms with E-state index in [9.17, 15) is 0 Å². The molecule has 1 fully saturated rings. The molecule has 0 amide bonds. The Hall–Kier alpha value is -1.03. The number of methoxy groups -OCH3 is 1. The first-order chi connectivity index (χ1) is 8.33. The van der Waals surface area contributed by atoms with E-state index in [1.807, 2.05) is 10.9 Å². The minimum atomic E-state index is 0.548. The minimum absolute atomic E-state index is 0.548. The summed E-state index contributed by atoms with van der Waals surface area (Å²) in [5.74, 6) is 1.65. The van der Waals surface area contributed by atoms with Crippen molar-refractivity contribution in [2.24, 2.45) is 5.92 Å². The molecule has 96 valence electrons. The lowest BCUT2D eigenvalue weighted by Gasteiger charge is -2.24. The molecule has 0 bridgehead atoms. The summed E-state index contributed by atoms with van der Waals surface area (Å²) < 4.78 is 7.15. The monoisotopic (exact) mass is 237 g/mol. The van der Waals surface area contributed by atoms with Crippen LogP contribution in [-0.2, 0) is 6.54 Å². The fourth-order valence-corrected chi connectivity index (χ4v) is 2.75. The Morgan fingerprint density at radius 3 is 2.88 bits per heavy atom. The summed E-state index contributed by atoms with van der Waals surface area (Å²) in [6.45, 7) is 4.15. The van der Waals surface area contributed by atoms with Crippen molar-refractivity contribution in [1.29, 1.82) is 0 Å². The summed E-state index contributed by atoms with van der Waals surface area (Å²) in [6, 6.07) is 0.548. The van der Waals surface area contributed by atoms with Crippen molar-refractivity contribution in [2.45, 2.75) is 45.2 Å². The molecule has 1 unspecified atom stereocenters. The van der Waals surface area contributed by atoms with Crippen molar-refractivity contribution in [3.05, 3.63) is 12.4 Å². The van der Waals surface area contributed by atoms with Gasteiger partial charge in [0, 0.05) is 6.04 Å². The van der Waals surface area contributed by atoms with E-state index in [4.69, 9.17) is 4.74 Å². The Balaban J connectivity index is 1.96. The highest BCUT2D eigenvalue weighted by atomic mass is 16.5. The molecule has 1 aliphatic carbocycles. The molecule has 2 rings (SSSR count). The van der Waals surface area contributed by atoms with E-state index in [0.717, 1.165) is 24.8 Å². The largest absolute Gasteiger partial charge is 0.493 e. The average molecular weight is 237 g/mol. The first-order valence-electron chi connectivity index (χ1n) is 6.63. The van der Waals surface area contributed by atoms with Crippen LogP contribution in [0.1, 0.15) is 32.6 Å². The van der Waals surface area contributed by atoms with Gasteiger partial charge in [-0.1, -0.05) is 19.8 Å². The predicted octanol–water partition coefficient (Wildman–Crippen LogP) is 2.06. The Labute approximate surface area is 103 Å². The first-order valence-corrected chi connectivity index (χ1v) is 6.63. The molecule has 1 atom stereocenters. The van der Waals surface area contributed by atoms with E-state index < -0.39 is 0 Å². The van der Waals surface area contributed by atoms with Crippen molar-refractivity contribution in [2.75, 3.05) is 13.7 Å². The second-order valence-electron chi connectivity index (χ2n) is 4.81. The van der Waals surface area contributed by atoms with Gasteiger partial charge in [-0.05, 0) is 25.3 Å². The zero-order valence-corrected chi connectivity index (χ0v) is 10.9. The zero-order valence-electron chi connectivity index (χ0n) is 10.9. The second-order valence-corrected chi connectivity index (χ2v) is 4.81. The molecule has 0 spiro atoms. The van der Waals surface area contributed by atoms with Gasteiger partial charge in [-0.25, -0.2) is 0 Å². The van der Waals surface area contributed by atoms with Crippen molar-refractivity contribution in [3.8, 4) is 5.75 Å². The summed E-state index contributed by atoms with van der Waals surface area (Å²) in [5.41, 5.74) is 0. The molecule has 4 heteroatoms. The van der Waals surface area contributed by atoms with E-state index >= 15 is 0 Å². The molecule has 1 aromatic rings. The van der Waals surface area contributed by atoms with Crippen LogP contribution in [0.25, 0.3) is 0 Å². The number of hydrogen-bond donors (Lipinski definition) is 1. The topological polar surface area (TPSA) is 39.1 Å². The number of rotatable bonds is 6. The van der Waals surface area contributed by atoms with Gasteiger partial charge < -0.3 is 10.1 Å². The number of nitrogens with one attached hydrogen (secondary N) is 1. The lowest BCUT2D eigenvalue weighted by molar-refractivity contribution is 0.316. The zero-order chi connectivity index (χ0) is 12.1. The van der Waals surface area contributed by atoms with E-state index in [1.54, 1.807) is 13.3 Å². The summed E-state index contributed by atoms with van der Waals surface area (Å²) >= 11 is 0. The van der Waals surface area contributed by atoms with E-state index in [0.29, 0.717) is 6.04 Å². The second kappa shape index (κ2) is 6.05. The summed E-state index contributed by atoms with van der Waals surface area (Å²) in [7, 11) is 1.68. The molecular weight excluding hydrogens is 214 g/mol. The van der Waals surface area contributed by atoms with Gasteiger partial charge in [0.1, 0.15) is 0 Å². The molecule has 4 nitrogen and oxygen atoms in total. The lowest BCUT2D eigenvalue weighted by Crippen LogP contribution is -2.38. The number of hydrogen-bond acceptors (Lipinski definition) is 3. The molecular formula is C13H23N3O. The van der Waals surface area contributed by atoms with Crippen LogP contribution >= 0.6 is 0 Å². The fourth-order valence-electron chi connectivity index (χ4n) is 2.75. The highest BCUT2D eigenvalue weighted by molar-refractivity contribution is 5.11.